The third-order valence-corrected chi connectivity index (χ3v) is 4.56. The average Bonchev–Trinajstić information content (AvgIpc) is 3.05. The van der Waals surface area contributed by atoms with E-state index in [4.69, 9.17) is 0 Å². The van der Waals surface area contributed by atoms with Crippen molar-refractivity contribution in [2.45, 2.75) is 0 Å². The van der Waals surface area contributed by atoms with Crippen LogP contribution in [0.2, 0.25) is 0 Å². The van der Waals surface area contributed by atoms with Crippen molar-refractivity contribution in [2.75, 3.05) is 38.1 Å². The summed E-state index contributed by atoms with van der Waals surface area (Å²) < 4.78 is 1.86. The number of hydrogen-bond donors (Lipinski definition) is 0. The lowest BCUT2D eigenvalue weighted by molar-refractivity contribution is 0.112. The van der Waals surface area contributed by atoms with Gasteiger partial charge in [0, 0.05) is 49.2 Å². The summed E-state index contributed by atoms with van der Waals surface area (Å²) >= 11 is 0. The lowest BCUT2D eigenvalue weighted by Crippen LogP contribution is -2.44. The van der Waals surface area contributed by atoms with Crippen molar-refractivity contribution < 1.29 is 4.79 Å². The Morgan fingerprint density at radius 2 is 1.71 bits per heavy atom. The molecule has 1 aliphatic heterocycles. The number of hydrogen-bond acceptors (Lipinski definition) is 5. The number of carbonyl (C=O) groups is 1. The monoisotopic (exact) mass is 321 g/mol. The Balaban J connectivity index is 1.64. The topological polar surface area (TPSA) is 53.7 Å². The summed E-state index contributed by atoms with van der Waals surface area (Å²) in [4.78, 5) is 15.7. The number of likely N-dealkylation sites (N-methyl/N-ethyl adjacent to an activating group) is 1. The van der Waals surface area contributed by atoms with Crippen molar-refractivity contribution in [3.05, 3.63) is 48.2 Å². The molecule has 3 heterocycles. The lowest BCUT2D eigenvalue weighted by Gasteiger charge is -2.34. The summed E-state index contributed by atoms with van der Waals surface area (Å²) in [6, 6.07) is 11.9. The van der Waals surface area contributed by atoms with Crippen molar-refractivity contribution in [3.8, 4) is 11.4 Å². The number of nitrogens with zero attached hydrogens (tertiary/aromatic N) is 5. The van der Waals surface area contributed by atoms with Crippen LogP contribution in [-0.2, 0) is 0 Å². The molecule has 6 heteroatoms. The Hall–Kier alpha value is -2.73. The maximum Gasteiger partial charge on any atom is 0.168 e. The van der Waals surface area contributed by atoms with Crippen molar-refractivity contribution in [3.63, 3.8) is 0 Å². The van der Waals surface area contributed by atoms with E-state index in [0.717, 1.165) is 49.5 Å². The Morgan fingerprint density at radius 1 is 0.958 bits per heavy atom. The number of carbonyl (C=O) groups excluding carboxylic acids is 1. The van der Waals surface area contributed by atoms with Gasteiger partial charge in [-0.1, -0.05) is 0 Å². The van der Waals surface area contributed by atoms with E-state index in [2.05, 4.69) is 51.3 Å². The zero-order chi connectivity index (χ0) is 16.5. The molecule has 0 atom stereocenters. The first-order chi connectivity index (χ1) is 11.7. The third-order valence-electron chi connectivity index (χ3n) is 4.56. The van der Waals surface area contributed by atoms with Crippen LogP contribution in [0, 0.1) is 0 Å². The van der Waals surface area contributed by atoms with Gasteiger partial charge in [-0.05, 0) is 43.4 Å². The molecule has 4 rings (SSSR count). The number of anilines is 1. The van der Waals surface area contributed by atoms with Crippen LogP contribution in [0.3, 0.4) is 0 Å². The maximum atomic E-state index is 11.0. The molecular formula is C18H19N5O. The highest BCUT2D eigenvalue weighted by molar-refractivity contribution is 5.75. The molecule has 122 valence electrons. The molecule has 0 bridgehead atoms. The summed E-state index contributed by atoms with van der Waals surface area (Å²) in [5.41, 5.74) is 3.56. The second-order valence-electron chi connectivity index (χ2n) is 6.17. The number of benzene rings is 1. The largest absolute Gasteiger partial charge is 0.369 e. The van der Waals surface area contributed by atoms with Crippen molar-refractivity contribution >= 4 is 17.6 Å². The van der Waals surface area contributed by atoms with Gasteiger partial charge in [0.05, 0.1) is 0 Å². The summed E-state index contributed by atoms with van der Waals surface area (Å²) in [5, 5.41) is 8.44. The minimum Gasteiger partial charge on any atom is -0.369 e. The molecule has 0 N–H and O–H groups in total. The van der Waals surface area contributed by atoms with Crippen LogP contribution >= 0.6 is 0 Å². The molecule has 0 aliphatic carbocycles. The number of piperazine rings is 1. The number of pyridine rings is 1. The van der Waals surface area contributed by atoms with E-state index in [-0.39, 0.29) is 0 Å². The van der Waals surface area contributed by atoms with Gasteiger partial charge in [-0.15, -0.1) is 10.2 Å². The number of aromatic nitrogens is 3. The smallest absolute Gasteiger partial charge is 0.168 e. The Kier molecular flexibility index (Phi) is 3.74. The van der Waals surface area contributed by atoms with E-state index >= 15 is 0 Å². The second kappa shape index (κ2) is 6.05. The van der Waals surface area contributed by atoms with Crippen LogP contribution in [0.5, 0.6) is 0 Å². The highest BCUT2D eigenvalue weighted by atomic mass is 16.1. The highest BCUT2D eigenvalue weighted by Crippen LogP contribution is 2.23. The Labute approximate surface area is 140 Å². The van der Waals surface area contributed by atoms with Crippen LogP contribution < -0.4 is 4.90 Å². The summed E-state index contributed by atoms with van der Waals surface area (Å²) in [7, 11) is 2.16. The molecule has 1 saturated heterocycles. The van der Waals surface area contributed by atoms with Gasteiger partial charge in [-0.3, -0.25) is 9.20 Å². The van der Waals surface area contributed by atoms with Gasteiger partial charge in [0.2, 0.25) is 0 Å². The van der Waals surface area contributed by atoms with Gasteiger partial charge in [-0.2, -0.15) is 0 Å². The average molecular weight is 321 g/mol. The number of rotatable bonds is 3. The first-order valence-corrected chi connectivity index (χ1v) is 8.08. The van der Waals surface area contributed by atoms with E-state index in [1.54, 1.807) is 18.3 Å². The first kappa shape index (κ1) is 14.8. The van der Waals surface area contributed by atoms with E-state index in [1.165, 1.54) is 5.69 Å². The fraction of sp³-hybridized carbons (Fsp3) is 0.278. The fourth-order valence-corrected chi connectivity index (χ4v) is 3.06. The van der Waals surface area contributed by atoms with Gasteiger partial charge in [-0.25, -0.2) is 0 Å². The minimum atomic E-state index is 0.609. The van der Waals surface area contributed by atoms with E-state index < -0.39 is 0 Å². The molecule has 0 spiro atoms. The maximum absolute atomic E-state index is 11.0. The summed E-state index contributed by atoms with van der Waals surface area (Å²) in [5.74, 6) is 0.749. The minimum absolute atomic E-state index is 0.609. The molecule has 0 amide bonds. The van der Waals surface area contributed by atoms with Crippen LogP contribution in [0.25, 0.3) is 17.0 Å². The molecule has 0 radical (unpaired) electrons. The van der Waals surface area contributed by atoms with Crippen LogP contribution in [-0.4, -0.2) is 59.0 Å². The van der Waals surface area contributed by atoms with Crippen LogP contribution in [0.15, 0.2) is 42.6 Å². The Bertz CT molecular complexity index is 863. The molecule has 6 nitrogen and oxygen atoms in total. The summed E-state index contributed by atoms with van der Waals surface area (Å²) in [6.07, 6.45) is 2.60. The zero-order valence-electron chi connectivity index (χ0n) is 13.6. The van der Waals surface area contributed by atoms with E-state index in [0.29, 0.717) is 5.56 Å². The van der Waals surface area contributed by atoms with E-state index in [9.17, 15) is 4.79 Å². The fourth-order valence-electron chi connectivity index (χ4n) is 3.06. The molecular weight excluding hydrogens is 302 g/mol. The predicted octanol–water partition coefficient (Wildman–Crippen LogP) is 1.96. The molecule has 24 heavy (non-hydrogen) atoms. The molecule has 0 unspecified atom stereocenters. The first-order valence-electron chi connectivity index (χ1n) is 8.08. The Morgan fingerprint density at radius 3 is 2.42 bits per heavy atom. The zero-order valence-corrected chi connectivity index (χ0v) is 13.6. The standard InChI is InChI=1S/C18H19N5O/c1-21-8-10-22(11-9-21)16-5-3-15(4-6-16)18-20-19-17-7-2-14(13-24)12-23(17)18/h2-7,12-13H,8-11H2,1H3. The SMILES string of the molecule is CN1CCN(c2ccc(-c3nnc4ccc(C=O)cn34)cc2)CC1. The molecule has 1 aliphatic rings. The molecule has 2 aromatic heterocycles. The molecule has 1 aromatic carbocycles. The molecule has 3 aromatic rings. The van der Waals surface area contributed by atoms with Crippen LogP contribution in [0.4, 0.5) is 5.69 Å². The highest BCUT2D eigenvalue weighted by Gasteiger charge is 2.15. The quantitative estimate of drug-likeness (QED) is 0.690. The lowest BCUT2D eigenvalue weighted by atomic mass is 10.1. The normalized spacial score (nSPS) is 15.8. The second-order valence-corrected chi connectivity index (χ2v) is 6.17. The third kappa shape index (κ3) is 2.65. The van der Waals surface area contributed by atoms with Crippen molar-refractivity contribution in [2.24, 2.45) is 0 Å². The molecule has 0 saturated carbocycles. The van der Waals surface area contributed by atoms with Gasteiger partial charge in [0.15, 0.2) is 17.8 Å². The predicted molar refractivity (Wildman–Crippen MR) is 93.5 cm³/mol. The summed E-state index contributed by atoms with van der Waals surface area (Å²) in [6.45, 7) is 4.27. The number of fused-ring (bicyclic) bond motifs is 1. The van der Waals surface area contributed by atoms with Gasteiger partial charge in [0.1, 0.15) is 0 Å². The van der Waals surface area contributed by atoms with Crippen molar-refractivity contribution in [1.29, 1.82) is 0 Å². The molecule has 1 fully saturated rings. The van der Waals surface area contributed by atoms with E-state index in [1.807, 2.05) is 4.40 Å². The van der Waals surface area contributed by atoms with Crippen molar-refractivity contribution in [1.82, 2.24) is 19.5 Å². The van der Waals surface area contributed by atoms with Gasteiger partial charge in [0.25, 0.3) is 0 Å². The number of aldehydes is 1. The van der Waals surface area contributed by atoms with Gasteiger partial charge < -0.3 is 9.80 Å². The van der Waals surface area contributed by atoms with Gasteiger partial charge >= 0.3 is 0 Å². The van der Waals surface area contributed by atoms with Crippen LogP contribution in [0.1, 0.15) is 10.4 Å².